The monoisotopic (exact) mass is 455 g/mol. The third-order valence-electron chi connectivity index (χ3n) is 5.68. The van der Waals surface area contributed by atoms with Gasteiger partial charge in [-0.3, -0.25) is 9.59 Å². The highest BCUT2D eigenvalue weighted by Gasteiger charge is 2.21. The predicted molar refractivity (Wildman–Crippen MR) is 134 cm³/mol. The van der Waals surface area contributed by atoms with E-state index in [1.165, 1.54) is 44.9 Å². The molecule has 0 aromatic heterocycles. The molecule has 1 atom stereocenters. The molecule has 1 saturated carbocycles. The molecule has 1 fully saturated rings. The van der Waals surface area contributed by atoms with Crippen LogP contribution in [0.5, 0.6) is 0 Å². The van der Waals surface area contributed by atoms with Crippen LogP contribution < -0.4 is 5.32 Å². The van der Waals surface area contributed by atoms with Crippen LogP contribution in [0.4, 0.5) is 0 Å². The number of aliphatic carboxylic acids is 1. The molecule has 0 heterocycles. The number of benzene rings is 1. The summed E-state index contributed by atoms with van der Waals surface area (Å²) < 4.78 is 5.07. The summed E-state index contributed by atoms with van der Waals surface area (Å²) in [5.41, 5.74) is 0.622. The number of unbranched alkanes of at least 4 members (excludes halogenated alkanes) is 1. The zero-order chi connectivity index (χ0) is 24.2. The summed E-state index contributed by atoms with van der Waals surface area (Å²) in [5, 5.41) is 12.6. The molecular weight excluding hydrogens is 414 g/mol. The van der Waals surface area contributed by atoms with Gasteiger partial charge < -0.3 is 15.2 Å². The van der Waals surface area contributed by atoms with Crippen LogP contribution in [-0.4, -0.2) is 36.7 Å². The van der Waals surface area contributed by atoms with E-state index in [-0.39, 0.29) is 13.0 Å². The SMILES string of the molecule is C/C=C/CCC#CCCC(=O)OCC(C(=O)O)c1ccccc1.CNC1CCCCCCC1. The third-order valence-corrected chi connectivity index (χ3v) is 5.68. The fraction of sp³-hybridized carbons (Fsp3) is 0.571. The number of carboxylic acids is 1. The van der Waals surface area contributed by atoms with Gasteiger partial charge in [0.15, 0.2) is 0 Å². The van der Waals surface area contributed by atoms with Crippen LogP contribution in [0.2, 0.25) is 0 Å². The Labute approximate surface area is 200 Å². The summed E-state index contributed by atoms with van der Waals surface area (Å²) in [4.78, 5) is 22.9. The molecule has 0 aliphatic heterocycles. The van der Waals surface area contributed by atoms with E-state index in [1.807, 2.05) is 25.1 Å². The summed E-state index contributed by atoms with van der Waals surface area (Å²) in [5.74, 6) is 3.63. The van der Waals surface area contributed by atoms with Crippen molar-refractivity contribution < 1.29 is 19.4 Å². The Morgan fingerprint density at radius 1 is 1.09 bits per heavy atom. The van der Waals surface area contributed by atoms with Crippen molar-refractivity contribution in [1.82, 2.24) is 5.32 Å². The number of nitrogens with one attached hydrogen (secondary N) is 1. The minimum Gasteiger partial charge on any atom is -0.481 e. The van der Waals surface area contributed by atoms with Crippen LogP contribution in [0.15, 0.2) is 42.5 Å². The quantitative estimate of drug-likeness (QED) is 0.211. The molecule has 1 aliphatic carbocycles. The van der Waals surface area contributed by atoms with E-state index in [2.05, 4.69) is 24.2 Å². The van der Waals surface area contributed by atoms with Gasteiger partial charge in [0.1, 0.15) is 12.5 Å². The largest absolute Gasteiger partial charge is 0.481 e. The Morgan fingerprint density at radius 2 is 1.73 bits per heavy atom. The van der Waals surface area contributed by atoms with Gasteiger partial charge in [-0.2, -0.15) is 0 Å². The Morgan fingerprint density at radius 3 is 2.33 bits per heavy atom. The fourth-order valence-electron chi connectivity index (χ4n) is 3.65. The summed E-state index contributed by atoms with van der Waals surface area (Å²) in [7, 11) is 2.09. The Balaban J connectivity index is 0.000000451. The van der Waals surface area contributed by atoms with Crippen molar-refractivity contribution in [2.45, 2.75) is 89.5 Å². The summed E-state index contributed by atoms with van der Waals surface area (Å²) >= 11 is 0. The maximum absolute atomic E-state index is 11.6. The van der Waals surface area contributed by atoms with Crippen molar-refractivity contribution in [2.75, 3.05) is 13.7 Å². The molecule has 5 heteroatoms. The molecule has 1 aromatic rings. The van der Waals surface area contributed by atoms with Crippen LogP contribution in [0.1, 0.15) is 89.0 Å². The summed E-state index contributed by atoms with van der Waals surface area (Å²) in [6, 6.07) is 9.57. The van der Waals surface area contributed by atoms with Gasteiger partial charge >= 0.3 is 11.9 Å². The molecule has 2 N–H and O–H groups in total. The molecule has 0 bridgehead atoms. The van der Waals surface area contributed by atoms with E-state index in [4.69, 9.17) is 4.74 Å². The Hall–Kier alpha value is -2.58. The number of carbonyl (C=O) groups is 2. The molecule has 0 saturated heterocycles. The van der Waals surface area contributed by atoms with Gasteiger partial charge in [0.25, 0.3) is 0 Å². The van der Waals surface area contributed by atoms with Crippen molar-refractivity contribution in [3.63, 3.8) is 0 Å². The highest BCUT2D eigenvalue weighted by molar-refractivity contribution is 5.77. The van der Waals surface area contributed by atoms with Crippen LogP contribution >= 0.6 is 0 Å². The molecule has 33 heavy (non-hydrogen) atoms. The molecule has 1 unspecified atom stereocenters. The number of carbonyl (C=O) groups excluding carboxylic acids is 1. The highest BCUT2D eigenvalue weighted by atomic mass is 16.5. The van der Waals surface area contributed by atoms with Gasteiger partial charge in [0.2, 0.25) is 0 Å². The molecule has 1 aromatic carbocycles. The number of rotatable bonds is 9. The van der Waals surface area contributed by atoms with Crippen molar-refractivity contribution in [1.29, 1.82) is 0 Å². The maximum atomic E-state index is 11.6. The normalized spacial score (nSPS) is 15.2. The van der Waals surface area contributed by atoms with Gasteiger partial charge in [-0.15, -0.1) is 11.8 Å². The van der Waals surface area contributed by atoms with Gasteiger partial charge in [-0.1, -0.05) is 74.6 Å². The van der Waals surface area contributed by atoms with E-state index in [1.54, 1.807) is 24.3 Å². The lowest BCUT2D eigenvalue weighted by atomic mass is 9.97. The minimum atomic E-state index is -1.01. The van der Waals surface area contributed by atoms with E-state index < -0.39 is 17.9 Å². The van der Waals surface area contributed by atoms with Crippen molar-refractivity contribution in [3.8, 4) is 11.8 Å². The van der Waals surface area contributed by atoms with Crippen LogP contribution in [0.3, 0.4) is 0 Å². The van der Waals surface area contributed by atoms with E-state index in [9.17, 15) is 14.7 Å². The molecule has 0 spiro atoms. The zero-order valence-electron chi connectivity index (χ0n) is 20.4. The first-order valence-corrected chi connectivity index (χ1v) is 12.3. The summed E-state index contributed by atoms with van der Waals surface area (Å²) in [6.45, 7) is 1.80. The lowest BCUT2D eigenvalue weighted by Crippen LogP contribution is -2.25. The van der Waals surface area contributed by atoms with Crippen molar-refractivity contribution in [2.24, 2.45) is 0 Å². The number of carboxylic acid groups (broad SMARTS) is 1. The van der Waals surface area contributed by atoms with Gasteiger partial charge in [0.05, 0.1) is 6.42 Å². The molecule has 0 amide bonds. The Kier molecular flexibility index (Phi) is 16.3. The molecule has 5 nitrogen and oxygen atoms in total. The average Bonchev–Trinajstić information content (AvgIpc) is 2.79. The molecule has 0 radical (unpaired) electrons. The van der Waals surface area contributed by atoms with Gasteiger partial charge in [0, 0.05) is 18.9 Å². The third kappa shape index (κ3) is 14.2. The Bertz CT molecular complexity index is 740. The molecule has 2 rings (SSSR count). The van der Waals surface area contributed by atoms with Crippen LogP contribution in [-0.2, 0) is 14.3 Å². The standard InChI is InChI=1S/C19H22O4.C9H19N/c1-2-3-4-5-6-7-11-14-18(20)23-15-17(19(21)22)16-12-9-8-10-13-16;1-10-9-7-5-3-2-4-6-8-9/h2-3,8-10,12-13,17H,4-5,11,14-15H2,1H3,(H,21,22);9-10H,2-8H2,1H3/b3-2+;. The number of hydrogen-bond donors (Lipinski definition) is 2. The second-order valence-electron chi connectivity index (χ2n) is 8.28. The topological polar surface area (TPSA) is 75.6 Å². The fourth-order valence-corrected chi connectivity index (χ4v) is 3.65. The van der Waals surface area contributed by atoms with E-state index in [0.29, 0.717) is 12.0 Å². The number of ether oxygens (including phenoxy) is 1. The van der Waals surface area contributed by atoms with Crippen molar-refractivity contribution in [3.05, 3.63) is 48.0 Å². The second-order valence-corrected chi connectivity index (χ2v) is 8.28. The van der Waals surface area contributed by atoms with Gasteiger partial charge in [-0.05, 0) is 38.8 Å². The minimum absolute atomic E-state index is 0.160. The smallest absolute Gasteiger partial charge is 0.314 e. The average molecular weight is 456 g/mol. The molecule has 1 aliphatic rings. The lowest BCUT2D eigenvalue weighted by molar-refractivity contribution is -0.148. The maximum Gasteiger partial charge on any atom is 0.314 e. The van der Waals surface area contributed by atoms with Crippen LogP contribution in [0, 0.1) is 11.8 Å². The van der Waals surface area contributed by atoms with Gasteiger partial charge in [-0.25, -0.2) is 0 Å². The lowest BCUT2D eigenvalue weighted by Gasteiger charge is -2.18. The predicted octanol–water partition coefficient (Wildman–Crippen LogP) is 5.86. The van der Waals surface area contributed by atoms with Crippen molar-refractivity contribution >= 4 is 11.9 Å². The van der Waals surface area contributed by atoms with Crippen LogP contribution in [0.25, 0.3) is 0 Å². The first-order chi connectivity index (χ1) is 16.1. The highest BCUT2D eigenvalue weighted by Crippen LogP contribution is 2.17. The van der Waals surface area contributed by atoms with E-state index >= 15 is 0 Å². The summed E-state index contributed by atoms with van der Waals surface area (Å²) in [6.07, 6.45) is 16.4. The second kappa shape index (κ2) is 18.9. The number of hydrogen-bond acceptors (Lipinski definition) is 4. The first-order valence-electron chi connectivity index (χ1n) is 12.3. The number of allylic oxidation sites excluding steroid dienone is 2. The number of esters is 1. The molecular formula is C28H41NO4. The molecule has 182 valence electrons. The van der Waals surface area contributed by atoms with E-state index in [0.717, 1.165) is 18.9 Å². The zero-order valence-corrected chi connectivity index (χ0v) is 20.4. The first kappa shape index (κ1) is 28.5.